The summed E-state index contributed by atoms with van der Waals surface area (Å²) >= 11 is 0. The van der Waals surface area contributed by atoms with Gasteiger partial charge in [0.1, 0.15) is 18.2 Å². The predicted molar refractivity (Wildman–Crippen MR) is 128 cm³/mol. The summed E-state index contributed by atoms with van der Waals surface area (Å²) < 4.78 is 5.65. The third-order valence-corrected chi connectivity index (χ3v) is 5.81. The molecule has 0 amide bonds. The quantitative estimate of drug-likeness (QED) is 0.600. The van der Waals surface area contributed by atoms with E-state index in [1.807, 2.05) is 18.2 Å². The van der Waals surface area contributed by atoms with E-state index in [1.165, 1.54) is 10.8 Å². The van der Waals surface area contributed by atoms with E-state index in [4.69, 9.17) is 14.8 Å². The first-order valence-corrected chi connectivity index (χ1v) is 11.1. The van der Waals surface area contributed by atoms with Crippen LogP contribution in [-0.2, 0) is 6.42 Å². The van der Waals surface area contributed by atoms with Gasteiger partial charge in [-0.25, -0.2) is 4.98 Å². The second-order valence-electron chi connectivity index (χ2n) is 7.80. The molecule has 0 atom stereocenters. The van der Waals surface area contributed by atoms with E-state index in [-0.39, 0.29) is 6.61 Å². The highest BCUT2D eigenvalue weighted by Gasteiger charge is 2.19. The molecule has 162 valence electrons. The number of pyridine rings is 1. The van der Waals surface area contributed by atoms with Crippen molar-refractivity contribution in [2.45, 2.75) is 13.3 Å². The molecule has 0 aliphatic carbocycles. The number of para-hydroxylation sites is 1. The molecule has 5 heteroatoms. The van der Waals surface area contributed by atoms with Crippen LogP contribution in [0.5, 0.6) is 5.75 Å². The molecule has 2 heterocycles. The van der Waals surface area contributed by atoms with E-state index in [1.54, 1.807) is 0 Å². The van der Waals surface area contributed by atoms with E-state index >= 15 is 0 Å². The number of fused-ring (bicyclic) bond motifs is 1. The smallest absolute Gasteiger partial charge is 0.137 e. The number of likely N-dealkylation sites (N-methyl/N-ethyl adjacent to an activating group) is 1. The summed E-state index contributed by atoms with van der Waals surface area (Å²) in [4.78, 5) is 9.94. The molecule has 1 aliphatic rings. The highest BCUT2D eigenvalue weighted by molar-refractivity contribution is 5.93. The minimum absolute atomic E-state index is 0.0144. The molecule has 1 fully saturated rings. The molecule has 0 spiro atoms. The number of allylic oxidation sites excluding steroid dienone is 1. The molecule has 1 N–H and O–H groups in total. The lowest BCUT2D eigenvalue weighted by molar-refractivity contribution is 0.200. The monoisotopic (exact) mass is 417 g/mol. The Morgan fingerprint density at radius 3 is 2.61 bits per heavy atom. The van der Waals surface area contributed by atoms with Crippen molar-refractivity contribution in [3.8, 4) is 5.75 Å². The first-order chi connectivity index (χ1) is 15.3. The van der Waals surface area contributed by atoms with Gasteiger partial charge in [0.05, 0.1) is 12.3 Å². The average Bonchev–Trinajstić information content (AvgIpc) is 2.83. The number of benzene rings is 2. The van der Waals surface area contributed by atoms with E-state index in [0.717, 1.165) is 62.0 Å². The average molecular weight is 418 g/mol. The fraction of sp³-hybridized carbons (Fsp3) is 0.346. The molecule has 1 aliphatic heterocycles. The number of hydrogen-bond acceptors (Lipinski definition) is 5. The van der Waals surface area contributed by atoms with Crippen molar-refractivity contribution in [3.05, 3.63) is 71.9 Å². The largest absolute Gasteiger partial charge is 0.491 e. The Balaban J connectivity index is 1.56. The number of aromatic nitrogens is 1. The summed E-state index contributed by atoms with van der Waals surface area (Å²) in [6.07, 6.45) is 4.98. The molecule has 1 aromatic heterocycles. The fourth-order valence-electron chi connectivity index (χ4n) is 4.08. The van der Waals surface area contributed by atoms with Gasteiger partial charge < -0.3 is 19.6 Å². The Hall–Kier alpha value is -2.89. The molecule has 0 radical (unpaired) electrons. The summed E-state index contributed by atoms with van der Waals surface area (Å²) in [5.41, 5.74) is 2.07. The number of piperazine rings is 1. The Morgan fingerprint density at radius 1 is 1.03 bits per heavy atom. The van der Waals surface area contributed by atoms with Crippen LogP contribution in [0.15, 0.2) is 60.7 Å². The van der Waals surface area contributed by atoms with Crippen LogP contribution >= 0.6 is 0 Å². The SMILES string of the molecule is CCN1CCN(c2nc(/C=C/Cc3ccccc3OCCO)cc3ccccc23)CC1. The Kier molecular flexibility index (Phi) is 7.18. The van der Waals surface area contributed by atoms with Crippen LogP contribution in [0.2, 0.25) is 0 Å². The van der Waals surface area contributed by atoms with E-state index < -0.39 is 0 Å². The molecule has 0 unspecified atom stereocenters. The van der Waals surface area contributed by atoms with Crippen LogP contribution in [0, 0.1) is 0 Å². The predicted octanol–water partition coefficient (Wildman–Crippen LogP) is 4.00. The van der Waals surface area contributed by atoms with Gasteiger partial charge in [-0.05, 0) is 42.1 Å². The van der Waals surface area contributed by atoms with Crippen LogP contribution in [0.3, 0.4) is 0 Å². The highest BCUT2D eigenvalue weighted by atomic mass is 16.5. The van der Waals surface area contributed by atoms with Gasteiger partial charge in [-0.3, -0.25) is 0 Å². The zero-order valence-corrected chi connectivity index (χ0v) is 18.2. The lowest BCUT2D eigenvalue weighted by atomic mass is 10.1. The number of rotatable bonds is 8. The first kappa shape index (κ1) is 21.3. The molecule has 4 rings (SSSR count). The fourth-order valence-corrected chi connectivity index (χ4v) is 4.08. The van der Waals surface area contributed by atoms with Gasteiger partial charge in [-0.15, -0.1) is 0 Å². The summed E-state index contributed by atoms with van der Waals surface area (Å²) in [5.74, 6) is 1.90. The second-order valence-corrected chi connectivity index (χ2v) is 7.80. The summed E-state index contributed by atoms with van der Waals surface area (Å²) in [7, 11) is 0. The molecule has 0 saturated carbocycles. The summed E-state index contributed by atoms with van der Waals surface area (Å²) in [6, 6.07) is 18.6. The first-order valence-electron chi connectivity index (χ1n) is 11.1. The molecular formula is C26H31N3O2. The van der Waals surface area contributed by atoms with Crippen molar-refractivity contribution in [2.24, 2.45) is 0 Å². The van der Waals surface area contributed by atoms with Gasteiger partial charge >= 0.3 is 0 Å². The number of anilines is 1. The lowest BCUT2D eigenvalue weighted by Gasteiger charge is -2.35. The van der Waals surface area contributed by atoms with Crippen LogP contribution in [0.4, 0.5) is 5.82 Å². The highest BCUT2D eigenvalue weighted by Crippen LogP contribution is 2.27. The number of hydrogen-bond donors (Lipinski definition) is 1. The molecule has 31 heavy (non-hydrogen) atoms. The maximum atomic E-state index is 9.04. The van der Waals surface area contributed by atoms with Gasteiger partial charge in [0, 0.05) is 31.6 Å². The van der Waals surface area contributed by atoms with Crippen LogP contribution in [-0.4, -0.2) is 60.9 Å². The van der Waals surface area contributed by atoms with Crippen molar-refractivity contribution in [1.29, 1.82) is 0 Å². The van der Waals surface area contributed by atoms with Gasteiger partial charge in [0.2, 0.25) is 0 Å². The van der Waals surface area contributed by atoms with Crippen molar-refractivity contribution in [2.75, 3.05) is 50.8 Å². The van der Waals surface area contributed by atoms with Crippen LogP contribution < -0.4 is 9.64 Å². The minimum atomic E-state index is 0.0144. The third kappa shape index (κ3) is 5.24. The van der Waals surface area contributed by atoms with Gasteiger partial charge in [-0.1, -0.05) is 55.5 Å². The number of nitrogens with zero attached hydrogens (tertiary/aromatic N) is 3. The maximum absolute atomic E-state index is 9.04. The summed E-state index contributed by atoms with van der Waals surface area (Å²) in [5, 5.41) is 11.5. The second kappa shape index (κ2) is 10.4. The lowest BCUT2D eigenvalue weighted by Crippen LogP contribution is -2.46. The van der Waals surface area contributed by atoms with Crippen molar-refractivity contribution in [1.82, 2.24) is 9.88 Å². The Labute approximate surface area is 184 Å². The Morgan fingerprint density at radius 2 is 1.81 bits per heavy atom. The van der Waals surface area contributed by atoms with Gasteiger partial charge in [0.15, 0.2) is 0 Å². The standard InChI is InChI=1S/C26H31N3O2/c1-2-28-14-16-29(17-15-28)26-24-12-5-3-9-22(24)20-23(27-26)11-7-10-21-8-4-6-13-25(21)31-19-18-30/h3-9,11-13,20,30H,2,10,14-19H2,1H3/b11-7+. The molecule has 3 aromatic rings. The van der Waals surface area contributed by atoms with E-state index in [9.17, 15) is 0 Å². The van der Waals surface area contributed by atoms with Crippen molar-refractivity contribution in [3.63, 3.8) is 0 Å². The summed E-state index contributed by atoms with van der Waals surface area (Å²) in [6.45, 7) is 7.83. The number of aliphatic hydroxyl groups excluding tert-OH is 1. The molecule has 0 bridgehead atoms. The third-order valence-electron chi connectivity index (χ3n) is 5.81. The normalized spacial score (nSPS) is 15.1. The van der Waals surface area contributed by atoms with Gasteiger partial charge in [0.25, 0.3) is 0 Å². The van der Waals surface area contributed by atoms with E-state index in [2.05, 4.69) is 65.3 Å². The minimum Gasteiger partial charge on any atom is -0.491 e. The zero-order valence-electron chi connectivity index (χ0n) is 18.2. The number of aliphatic hydroxyl groups is 1. The van der Waals surface area contributed by atoms with Crippen LogP contribution in [0.1, 0.15) is 18.2 Å². The Bertz CT molecular complexity index is 1030. The van der Waals surface area contributed by atoms with Gasteiger partial charge in [-0.2, -0.15) is 0 Å². The number of ether oxygens (including phenoxy) is 1. The van der Waals surface area contributed by atoms with E-state index in [0.29, 0.717) is 6.61 Å². The molecular weight excluding hydrogens is 386 g/mol. The molecule has 1 saturated heterocycles. The van der Waals surface area contributed by atoms with Crippen LogP contribution in [0.25, 0.3) is 16.8 Å². The topological polar surface area (TPSA) is 48.8 Å². The molecule has 5 nitrogen and oxygen atoms in total. The molecule has 2 aromatic carbocycles. The van der Waals surface area contributed by atoms with Crippen molar-refractivity contribution >= 4 is 22.7 Å². The zero-order chi connectivity index (χ0) is 21.5. The maximum Gasteiger partial charge on any atom is 0.137 e. The van der Waals surface area contributed by atoms with Crippen molar-refractivity contribution < 1.29 is 9.84 Å².